The van der Waals surface area contributed by atoms with Crippen molar-refractivity contribution in [3.8, 4) is 0 Å². The Morgan fingerprint density at radius 3 is 3.05 bits per heavy atom. The predicted molar refractivity (Wildman–Crippen MR) is 87.7 cm³/mol. The first-order chi connectivity index (χ1) is 10.3. The van der Waals surface area contributed by atoms with Gasteiger partial charge in [-0.05, 0) is 25.0 Å². The molecule has 22 heavy (non-hydrogen) atoms. The number of halogens is 1. The van der Waals surface area contributed by atoms with Crippen LogP contribution < -0.4 is 10.2 Å². The van der Waals surface area contributed by atoms with Crippen molar-refractivity contribution in [2.75, 3.05) is 11.4 Å². The van der Waals surface area contributed by atoms with Crippen LogP contribution in [0.25, 0.3) is 0 Å². The summed E-state index contributed by atoms with van der Waals surface area (Å²) >= 11 is 0. The summed E-state index contributed by atoms with van der Waals surface area (Å²) in [5.74, 6) is 0.00801. The number of H-pyrrole nitrogens is 1. The molecule has 2 aliphatic rings. The number of hydrogen-bond donors (Lipinski definition) is 2. The second-order valence-corrected chi connectivity index (χ2v) is 5.81. The lowest BCUT2D eigenvalue weighted by atomic mass is 10.1. The number of carbonyl (C=O) groups excluding carboxylic acids is 1. The molecule has 2 aliphatic heterocycles. The van der Waals surface area contributed by atoms with Crippen LogP contribution in [-0.4, -0.2) is 28.7 Å². The van der Waals surface area contributed by atoms with E-state index in [4.69, 9.17) is 0 Å². The molecule has 0 saturated carbocycles. The minimum absolute atomic E-state index is 0. The van der Waals surface area contributed by atoms with Crippen LogP contribution in [-0.2, 0) is 19.4 Å². The molecule has 2 N–H and O–H groups in total. The standard InChI is InChI=1S/C16H18N4O.ClH/c1-10-8-11-4-2-3-5-14(11)20(10)16(21)15-12-9-17-7-6-13(12)18-19-15;/h2-5,10,17H,6-9H2,1H3,(H,18,19);1H. The van der Waals surface area contributed by atoms with Crippen LogP contribution in [0.2, 0.25) is 0 Å². The highest BCUT2D eigenvalue weighted by Gasteiger charge is 2.34. The first kappa shape index (κ1) is 15.1. The number of amides is 1. The first-order valence-corrected chi connectivity index (χ1v) is 7.44. The van der Waals surface area contributed by atoms with Crippen molar-refractivity contribution in [2.45, 2.75) is 32.4 Å². The van der Waals surface area contributed by atoms with Crippen LogP contribution >= 0.6 is 12.4 Å². The van der Waals surface area contributed by atoms with Crippen molar-refractivity contribution in [1.29, 1.82) is 0 Å². The van der Waals surface area contributed by atoms with E-state index in [2.05, 4.69) is 28.5 Å². The number of carbonyl (C=O) groups is 1. The Balaban J connectivity index is 0.00000144. The van der Waals surface area contributed by atoms with Crippen molar-refractivity contribution in [1.82, 2.24) is 15.5 Å². The molecule has 4 rings (SSSR count). The quantitative estimate of drug-likeness (QED) is 0.846. The molecule has 0 spiro atoms. The van der Waals surface area contributed by atoms with Gasteiger partial charge in [-0.1, -0.05) is 18.2 Å². The summed E-state index contributed by atoms with van der Waals surface area (Å²) in [5, 5.41) is 10.6. The largest absolute Gasteiger partial charge is 0.312 e. The van der Waals surface area contributed by atoms with Gasteiger partial charge in [-0.15, -0.1) is 12.4 Å². The van der Waals surface area contributed by atoms with Crippen molar-refractivity contribution in [3.63, 3.8) is 0 Å². The molecule has 0 saturated heterocycles. The van der Waals surface area contributed by atoms with Crippen LogP contribution in [0.4, 0.5) is 5.69 Å². The molecule has 6 heteroatoms. The number of aromatic nitrogens is 2. The summed E-state index contributed by atoms with van der Waals surface area (Å²) in [6.07, 6.45) is 1.81. The summed E-state index contributed by atoms with van der Waals surface area (Å²) in [6.45, 7) is 3.75. The number of anilines is 1. The van der Waals surface area contributed by atoms with E-state index >= 15 is 0 Å². The molecule has 116 valence electrons. The van der Waals surface area contributed by atoms with Crippen LogP contribution in [0.15, 0.2) is 24.3 Å². The highest BCUT2D eigenvalue weighted by molar-refractivity contribution is 6.07. The van der Waals surface area contributed by atoms with Crippen molar-refractivity contribution in [2.24, 2.45) is 0 Å². The number of para-hydroxylation sites is 1. The maximum Gasteiger partial charge on any atom is 0.279 e. The summed E-state index contributed by atoms with van der Waals surface area (Å²) in [4.78, 5) is 14.9. The van der Waals surface area contributed by atoms with Gasteiger partial charge >= 0.3 is 0 Å². The smallest absolute Gasteiger partial charge is 0.279 e. The average Bonchev–Trinajstić information content (AvgIpc) is 3.06. The molecule has 3 heterocycles. The highest BCUT2D eigenvalue weighted by atomic mass is 35.5. The lowest BCUT2D eigenvalue weighted by molar-refractivity contribution is 0.0975. The fourth-order valence-corrected chi connectivity index (χ4v) is 3.39. The fraction of sp³-hybridized carbons (Fsp3) is 0.375. The van der Waals surface area contributed by atoms with Gasteiger partial charge in [-0.2, -0.15) is 5.10 Å². The second kappa shape index (κ2) is 5.74. The zero-order valence-electron chi connectivity index (χ0n) is 12.4. The SMILES string of the molecule is CC1Cc2ccccc2N1C(=O)c1n[nH]c2c1CNCC2.Cl. The number of hydrogen-bond acceptors (Lipinski definition) is 3. The van der Waals surface area contributed by atoms with Crippen LogP contribution in [0.5, 0.6) is 0 Å². The Morgan fingerprint density at radius 2 is 2.18 bits per heavy atom. The summed E-state index contributed by atoms with van der Waals surface area (Å²) in [5.41, 5.74) is 4.96. The molecule has 1 atom stereocenters. The van der Waals surface area contributed by atoms with E-state index in [0.717, 1.165) is 42.9 Å². The fourth-order valence-electron chi connectivity index (χ4n) is 3.39. The lowest BCUT2D eigenvalue weighted by Gasteiger charge is -2.23. The van der Waals surface area contributed by atoms with Gasteiger partial charge in [0.2, 0.25) is 0 Å². The lowest BCUT2D eigenvalue weighted by Crippen LogP contribution is -2.37. The number of benzene rings is 1. The molecular formula is C16H19ClN4O. The van der Waals surface area contributed by atoms with Gasteiger partial charge in [-0.25, -0.2) is 0 Å². The zero-order valence-corrected chi connectivity index (χ0v) is 13.2. The molecule has 0 fully saturated rings. The van der Waals surface area contributed by atoms with E-state index in [-0.39, 0.29) is 24.4 Å². The van der Waals surface area contributed by atoms with Gasteiger partial charge in [0.05, 0.1) is 0 Å². The summed E-state index contributed by atoms with van der Waals surface area (Å²) in [7, 11) is 0. The van der Waals surface area contributed by atoms with E-state index in [1.165, 1.54) is 5.56 Å². The van der Waals surface area contributed by atoms with Gasteiger partial charge in [0, 0.05) is 42.5 Å². The molecular weight excluding hydrogens is 300 g/mol. The van der Waals surface area contributed by atoms with Gasteiger partial charge in [-0.3, -0.25) is 9.89 Å². The van der Waals surface area contributed by atoms with Gasteiger partial charge in [0.25, 0.3) is 5.91 Å². The van der Waals surface area contributed by atoms with Crippen LogP contribution in [0.1, 0.15) is 34.2 Å². The zero-order chi connectivity index (χ0) is 14.4. The maximum absolute atomic E-state index is 13.0. The number of nitrogens with one attached hydrogen (secondary N) is 2. The van der Waals surface area contributed by atoms with Gasteiger partial charge < -0.3 is 10.2 Å². The van der Waals surface area contributed by atoms with Gasteiger partial charge in [0.1, 0.15) is 0 Å². The average molecular weight is 319 g/mol. The predicted octanol–water partition coefficient (Wildman–Crippen LogP) is 2.07. The van der Waals surface area contributed by atoms with Crippen molar-refractivity contribution < 1.29 is 4.79 Å². The minimum Gasteiger partial charge on any atom is -0.312 e. The van der Waals surface area contributed by atoms with E-state index in [1.54, 1.807) is 0 Å². The third-order valence-electron chi connectivity index (χ3n) is 4.43. The minimum atomic E-state index is 0. The van der Waals surface area contributed by atoms with E-state index < -0.39 is 0 Å². The number of fused-ring (bicyclic) bond motifs is 2. The molecule has 0 bridgehead atoms. The van der Waals surface area contributed by atoms with E-state index in [1.807, 2.05) is 23.1 Å². The molecule has 1 amide bonds. The molecule has 0 radical (unpaired) electrons. The number of aromatic amines is 1. The van der Waals surface area contributed by atoms with Crippen LogP contribution in [0, 0.1) is 0 Å². The monoisotopic (exact) mass is 318 g/mol. The summed E-state index contributed by atoms with van der Waals surface area (Å²) in [6, 6.07) is 8.31. The first-order valence-electron chi connectivity index (χ1n) is 7.44. The van der Waals surface area contributed by atoms with Crippen molar-refractivity contribution in [3.05, 3.63) is 46.8 Å². The third kappa shape index (κ3) is 2.21. The number of rotatable bonds is 1. The Bertz CT molecular complexity index is 712. The Kier molecular flexibility index (Phi) is 3.93. The topological polar surface area (TPSA) is 61.0 Å². The third-order valence-corrected chi connectivity index (χ3v) is 4.43. The summed E-state index contributed by atoms with van der Waals surface area (Å²) < 4.78 is 0. The Morgan fingerprint density at radius 1 is 1.36 bits per heavy atom. The number of nitrogens with zero attached hydrogens (tertiary/aromatic N) is 2. The molecule has 1 aromatic carbocycles. The molecule has 1 aromatic heterocycles. The molecule has 1 unspecified atom stereocenters. The highest BCUT2D eigenvalue weighted by Crippen LogP contribution is 2.33. The van der Waals surface area contributed by atoms with Gasteiger partial charge in [0.15, 0.2) is 5.69 Å². The maximum atomic E-state index is 13.0. The Hall–Kier alpha value is -1.85. The van der Waals surface area contributed by atoms with E-state index in [9.17, 15) is 4.79 Å². The normalized spacial score (nSPS) is 19.3. The van der Waals surface area contributed by atoms with Crippen molar-refractivity contribution >= 4 is 24.0 Å². The molecule has 2 aromatic rings. The second-order valence-electron chi connectivity index (χ2n) is 5.81. The van der Waals surface area contributed by atoms with Crippen LogP contribution in [0.3, 0.4) is 0 Å². The van der Waals surface area contributed by atoms with E-state index in [0.29, 0.717) is 5.69 Å². The molecule has 0 aliphatic carbocycles. The molecule has 5 nitrogen and oxygen atoms in total. The Labute approximate surface area is 135 Å².